The maximum absolute atomic E-state index is 12.8. The molecule has 0 N–H and O–H groups in total. The van der Waals surface area contributed by atoms with Crippen LogP contribution in [-0.2, 0) is 25.7 Å². The van der Waals surface area contributed by atoms with Crippen LogP contribution in [0.25, 0.3) is 10.2 Å². The number of hydrogen-bond donors (Lipinski definition) is 0. The lowest BCUT2D eigenvalue weighted by molar-refractivity contribution is -0.162. The van der Waals surface area contributed by atoms with Gasteiger partial charge in [0.25, 0.3) is 0 Å². The molecule has 0 bridgehead atoms. The number of ether oxygens (including phenoxy) is 3. The SMILES string of the molecule is Cc1cc2c(sc(=O)n2COCC[Si](C)(C)C)c(Br)c1[C@H](COC(=O)C(C)(C)C)OC(C)(C)C. The first-order valence-electron chi connectivity index (χ1n) is 11.7. The number of aryl methyl sites for hydroxylation is 1. The molecule has 34 heavy (non-hydrogen) atoms. The Morgan fingerprint density at radius 1 is 1.18 bits per heavy atom. The lowest BCUT2D eigenvalue weighted by Gasteiger charge is -2.30. The normalized spacial score (nSPS) is 14.0. The number of thiazole rings is 1. The average molecular weight is 575 g/mol. The molecule has 0 amide bonds. The van der Waals surface area contributed by atoms with E-state index < -0.39 is 25.2 Å². The predicted octanol–water partition coefficient (Wildman–Crippen LogP) is 6.89. The van der Waals surface area contributed by atoms with Gasteiger partial charge in [0.1, 0.15) is 19.4 Å². The molecule has 9 heteroatoms. The van der Waals surface area contributed by atoms with Gasteiger partial charge < -0.3 is 14.2 Å². The minimum atomic E-state index is -1.20. The number of halogens is 1. The first kappa shape index (κ1) is 29.2. The van der Waals surface area contributed by atoms with E-state index in [1.807, 2.05) is 54.5 Å². The van der Waals surface area contributed by atoms with Gasteiger partial charge in [0.2, 0.25) is 0 Å². The van der Waals surface area contributed by atoms with Gasteiger partial charge in [-0.05, 0) is 82.1 Å². The van der Waals surface area contributed by atoms with Crippen molar-refractivity contribution in [2.24, 2.45) is 5.41 Å². The van der Waals surface area contributed by atoms with Crippen LogP contribution in [-0.4, -0.2) is 37.4 Å². The Morgan fingerprint density at radius 3 is 2.32 bits per heavy atom. The first-order chi connectivity index (χ1) is 15.4. The molecule has 1 heterocycles. The molecule has 0 saturated heterocycles. The summed E-state index contributed by atoms with van der Waals surface area (Å²) in [5.74, 6) is -0.281. The lowest BCUT2D eigenvalue weighted by Crippen LogP contribution is -2.30. The van der Waals surface area contributed by atoms with Crippen LogP contribution in [0.2, 0.25) is 25.7 Å². The first-order valence-corrected chi connectivity index (χ1v) is 17.0. The number of fused-ring (bicyclic) bond motifs is 1. The largest absolute Gasteiger partial charge is 0.462 e. The van der Waals surface area contributed by atoms with Gasteiger partial charge in [-0.3, -0.25) is 14.2 Å². The van der Waals surface area contributed by atoms with E-state index in [9.17, 15) is 9.59 Å². The number of aromatic nitrogens is 1. The third-order valence-corrected chi connectivity index (χ3v) is 8.96. The highest BCUT2D eigenvalue weighted by molar-refractivity contribution is 9.10. The molecule has 2 rings (SSSR count). The molecule has 192 valence electrons. The van der Waals surface area contributed by atoms with E-state index in [0.29, 0.717) is 6.61 Å². The van der Waals surface area contributed by atoms with Crippen molar-refractivity contribution in [3.8, 4) is 0 Å². The van der Waals surface area contributed by atoms with Crippen LogP contribution in [0.5, 0.6) is 0 Å². The quantitative estimate of drug-likeness (QED) is 0.185. The van der Waals surface area contributed by atoms with E-state index in [1.54, 1.807) is 4.57 Å². The number of hydrogen-bond acceptors (Lipinski definition) is 6. The predicted molar refractivity (Wildman–Crippen MR) is 147 cm³/mol. The molecule has 0 unspecified atom stereocenters. The summed E-state index contributed by atoms with van der Waals surface area (Å²) in [5.41, 5.74) is 1.61. The standard InChI is InChI=1S/C25H40BrNO5SSi/c1-16-13-17-21(33-23(29)27(17)15-30-11-12-34(8,9)10)20(26)19(16)18(32-25(5,6)7)14-31-22(28)24(2,3)4/h13,18H,11-12,14-15H2,1-10H3/t18-/m0/s1. The van der Waals surface area contributed by atoms with E-state index in [4.69, 9.17) is 14.2 Å². The van der Waals surface area contributed by atoms with Crippen LogP contribution >= 0.6 is 27.3 Å². The van der Waals surface area contributed by atoms with Gasteiger partial charge in [0.05, 0.1) is 21.2 Å². The van der Waals surface area contributed by atoms with Crippen molar-refractivity contribution in [2.45, 2.75) is 92.6 Å². The number of rotatable bonds is 9. The van der Waals surface area contributed by atoms with Crippen molar-refractivity contribution in [1.82, 2.24) is 4.57 Å². The summed E-state index contributed by atoms with van der Waals surface area (Å²) in [6.07, 6.45) is -0.483. The van der Waals surface area contributed by atoms with E-state index in [2.05, 4.69) is 35.6 Å². The summed E-state index contributed by atoms with van der Waals surface area (Å²) < 4.78 is 21.2. The van der Waals surface area contributed by atoms with Crippen LogP contribution in [0.15, 0.2) is 15.3 Å². The molecule has 0 radical (unpaired) electrons. The van der Waals surface area contributed by atoms with E-state index in [-0.39, 0.29) is 24.2 Å². The highest BCUT2D eigenvalue weighted by atomic mass is 79.9. The van der Waals surface area contributed by atoms with E-state index in [0.717, 1.165) is 31.9 Å². The van der Waals surface area contributed by atoms with Gasteiger partial charge >= 0.3 is 10.8 Å². The molecule has 0 aliphatic heterocycles. The molecule has 0 aliphatic rings. The Bertz CT molecular complexity index is 1070. The zero-order valence-electron chi connectivity index (χ0n) is 22.3. The average Bonchev–Trinajstić information content (AvgIpc) is 2.95. The van der Waals surface area contributed by atoms with Crippen LogP contribution in [0.4, 0.5) is 0 Å². The minimum absolute atomic E-state index is 0.0623. The van der Waals surface area contributed by atoms with Gasteiger partial charge in [-0.2, -0.15) is 0 Å². The second-order valence-electron chi connectivity index (χ2n) is 12.0. The third-order valence-electron chi connectivity index (χ3n) is 5.16. The number of carbonyl (C=O) groups is 1. The highest BCUT2D eigenvalue weighted by Gasteiger charge is 2.30. The fourth-order valence-electron chi connectivity index (χ4n) is 3.32. The molecule has 0 aliphatic carbocycles. The Balaban J connectivity index is 2.41. The van der Waals surface area contributed by atoms with Crippen molar-refractivity contribution in [1.29, 1.82) is 0 Å². The second-order valence-corrected chi connectivity index (χ2v) is 19.4. The van der Waals surface area contributed by atoms with Crippen LogP contribution in [0.3, 0.4) is 0 Å². The Hall–Kier alpha value is -1.00. The van der Waals surface area contributed by atoms with Crippen molar-refractivity contribution in [2.75, 3.05) is 13.2 Å². The van der Waals surface area contributed by atoms with E-state index in [1.165, 1.54) is 11.3 Å². The van der Waals surface area contributed by atoms with Crippen molar-refractivity contribution in [3.63, 3.8) is 0 Å². The van der Waals surface area contributed by atoms with Crippen molar-refractivity contribution < 1.29 is 19.0 Å². The van der Waals surface area contributed by atoms with Crippen LogP contribution in [0, 0.1) is 12.3 Å². The summed E-state index contributed by atoms with van der Waals surface area (Å²) in [6.45, 7) is 21.3. The molecule has 2 aromatic rings. The number of nitrogens with zero attached hydrogens (tertiary/aromatic N) is 1. The van der Waals surface area contributed by atoms with Gasteiger partial charge in [-0.1, -0.05) is 31.0 Å². The summed E-state index contributed by atoms with van der Waals surface area (Å²) in [7, 11) is -1.20. The maximum atomic E-state index is 12.8. The summed E-state index contributed by atoms with van der Waals surface area (Å²) in [6, 6.07) is 3.05. The fourth-order valence-corrected chi connectivity index (χ4v) is 6.00. The topological polar surface area (TPSA) is 66.8 Å². The molecule has 0 fully saturated rings. The zero-order valence-corrected chi connectivity index (χ0v) is 25.7. The Labute approximate surface area is 217 Å². The van der Waals surface area contributed by atoms with Crippen LogP contribution in [0.1, 0.15) is 58.8 Å². The molecular formula is C25H40BrNO5SSi. The van der Waals surface area contributed by atoms with E-state index >= 15 is 0 Å². The molecule has 0 saturated carbocycles. The molecular weight excluding hydrogens is 534 g/mol. The summed E-state index contributed by atoms with van der Waals surface area (Å²) in [4.78, 5) is 25.2. The lowest BCUT2D eigenvalue weighted by atomic mass is 9.97. The third kappa shape index (κ3) is 8.01. The van der Waals surface area contributed by atoms with Gasteiger partial charge in [0.15, 0.2) is 0 Å². The van der Waals surface area contributed by atoms with Gasteiger partial charge in [0, 0.05) is 24.7 Å². The van der Waals surface area contributed by atoms with Crippen LogP contribution < -0.4 is 4.87 Å². The molecule has 1 aromatic carbocycles. The minimum Gasteiger partial charge on any atom is -0.462 e. The summed E-state index contributed by atoms with van der Waals surface area (Å²) in [5, 5.41) is 0. The fraction of sp³-hybridized carbons (Fsp3) is 0.680. The molecule has 6 nitrogen and oxygen atoms in total. The molecule has 1 aromatic heterocycles. The zero-order chi connectivity index (χ0) is 26.1. The smallest absolute Gasteiger partial charge is 0.311 e. The van der Waals surface area contributed by atoms with Crippen molar-refractivity contribution >= 4 is 51.5 Å². The number of benzene rings is 1. The summed E-state index contributed by atoms with van der Waals surface area (Å²) >= 11 is 4.93. The highest BCUT2D eigenvalue weighted by Crippen LogP contribution is 2.39. The Morgan fingerprint density at radius 2 is 1.79 bits per heavy atom. The van der Waals surface area contributed by atoms with Gasteiger partial charge in [-0.25, -0.2) is 0 Å². The second kappa shape index (κ2) is 10.9. The Kier molecular flexibility index (Phi) is 9.41. The van der Waals surface area contributed by atoms with Crippen molar-refractivity contribution in [3.05, 3.63) is 31.3 Å². The maximum Gasteiger partial charge on any atom is 0.311 e. The number of carbonyl (C=O) groups excluding carboxylic acids is 1. The molecule has 0 spiro atoms. The van der Waals surface area contributed by atoms with Gasteiger partial charge in [-0.15, -0.1) is 0 Å². The monoisotopic (exact) mass is 573 g/mol. The number of esters is 1. The molecule has 1 atom stereocenters.